The topological polar surface area (TPSA) is 54.5 Å². The second-order valence-electron chi connectivity index (χ2n) is 7.21. The minimum Gasteiger partial charge on any atom is -0.453 e. The number of benzene rings is 1. The number of ether oxygens (including phenoxy) is 1. The molecule has 29 heavy (non-hydrogen) atoms. The molecule has 0 saturated carbocycles. The Labute approximate surface area is 171 Å². The van der Waals surface area contributed by atoms with Gasteiger partial charge in [0.2, 0.25) is 5.91 Å². The number of carbonyl (C=O) groups excluding carboxylic acids is 1. The molecule has 1 aliphatic heterocycles. The van der Waals surface area contributed by atoms with Gasteiger partial charge in [-0.3, -0.25) is 9.78 Å². The Kier molecular flexibility index (Phi) is 8.19. The second-order valence-corrected chi connectivity index (χ2v) is 7.21. The van der Waals surface area contributed by atoms with Gasteiger partial charge in [-0.05, 0) is 74.8 Å². The van der Waals surface area contributed by atoms with Crippen LogP contribution in [0.25, 0.3) is 6.08 Å². The van der Waals surface area contributed by atoms with E-state index in [1.54, 1.807) is 36.5 Å². The van der Waals surface area contributed by atoms with Crippen LogP contribution in [0.3, 0.4) is 0 Å². The van der Waals surface area contributed by atoms with Gasteiger partial charge in [0.25, 0.3) is 0 Å². The van der Waals surface area contributed by atoms with Crippen LogP contribution in [0.1, 0.15) is 37.7 Å². The summed E-state index contributed by atoms with van der Waals surface area (Å²) >= 11 is 0. The van der Waals surface area contributed by atoms with Crippen LogP contribution >= 0.6 is 0 Å². The van der Waals surface area contributed by atoms with Gasteiger partial charge in [0.1, 0.15) is 5.75 Å². The number of nitrogens with zero attached hydrogens (tertiary/aromatic N) is 2. The molecule has 5 nitrogen and oxygen atoms in total. The number of hydrogen-bond donors (Lipinski definition) is 1. The van der Waals surface area contributed by atoms with Crippen LogP contribution in [0.4, 0.5) is 4.39 Å². The zero-order chi connectivity index (χ0) is 20.3. The highest BCUT2D eigenvalue weighted by molar-refractivity contribution is 5.91. The van der Waals surface area contributed by atoms with E-state index in [4.69, 9.17) is 4.74 Å². The molecule has 2 heterocycles. The van der Waals surface area contributed by atoms with Crippen LogP contribution in [0.5, 0.6) is 11.5 Å². The van der Waals surface area contributed by atoms with Crippen LogP contribution < -0.4 is 10.1 Å². The van der Waals surface area contributed by atoms with Gasteiger partial charge in [0.05, 0.1) is 6.20 Å². The molecule has 1 aromatic heterocycles. The number of hydrogen-bond acceptors (Lipinski definition) is 4. The summed E-state index contributed by atoms with van der Waals surface area (Å²) in [7, 11) is 0. The summed E-state index contributed by atoms with van der Waals surface area (Å²) in [6, 6.07) is 8.02. The Morgan fingerprint density at radius 1 is 1.21 bits per heavy atom. The van der Waals surface area contributed by atoms with Gasteiger partial charge >= 0.3 is 0 Å². The summed E-state index contributed by atoms with van der Waals surface area (Å²) in [5.41, 5.74) is 0.598. The highest BCUT2D eigenvalue weighted by Crippen LogP contribution is 2.24. The molecule has 1 fully saturated rings. The van der Waals surface area contributed by atoms with E-state index in [1.165, 1.54) is 57.1 Å². The van der Waals surface area contributed by atoms with Crippen molar-refractivity contribution in [2.24, 2.45) is 0 Å². The van der Waals surface area contributed by atoms with Crippen molar-refractivity contribution in [3.05, 3.63) is 60.2 Å². The van der Waals surface area contributed by atoms with E-state index in [2.05, 4.69) is 15.2 Å². The number of nitrogens with one attached hydrogen (secondary N) is 1. The molecule has 2 aromatic rings. The fraction of sp³-hybridized carbons (Fsp3) is 0.391. The van der Waals surface area contributed by atoms with E-state index in [9.17, 15) is 9.18 Å². The van der Waals surface area contributed by atoms with E-state index < -0.39 is 5.82 Å². The lowest BCUT2D eigenvalue weighted by atomic mass is 10.2. The second kappa shape index (κ2) is 11.3. The largest absolute Gasteiger partial charge is 0.453 e. The number of amides is 1. The smallest absolute Gasteiger partial charge is 0.243 e. The molecule has 6 heteroatoms. The molecular weight excluding hydrogens is 369 g/mol. The third kappa shape index (κ3) is 7.31. The zero-order valence-corrected chi connectivity index (χ0v) is 16.6. The number of likely N-dealkylation sites (tertiary alicyclic amines) is 1. The first-order valence-corrected chi connectivity index (χ1v) is 10.3. The van der Waals surface area contributed by atoms with Crippen molar-refractivity contribution in [1.29, 1.82) is 0 Å². The van der Waals surface area contributed by atoms with Gasteiger partial charge < -0.3 is 15.0 Å². The average Bonchev–Trinajstić information content (AvgIpc) is 3.01. The van der Waals surface area contributed by atoms with Crippen LogP contribution in [-0.2, 0) is 4.79 Å². The molecule has 0 aliphatic carbocycles. The molecule has 0 bridgehead atoms. The molecule has 1 N–H and O–H groups in total. The quantitative estimate of drug-likeness (QED) is 0.530. The Morgan fingerprint density at radius 3 is 2.76 bits per heavy atom. The lowest BCUT2D eigenvalue weighted by molar-refractivity contribution is -0.116. The Hall–Kier alpha value is -2.73. The van der Waals surface area contributed by atoms with Crippen molar-refractivity contribution in [1.82, 2.24) is 15.2 Å². The minimum absolute atomic E-state index is 0.119. The minimum atomic E-state index is -0.492. The maximum Gasteiger partial charge on any atom is 0.243 e. The first-order chi connectivity index (χ1) is 14.2. The maximum atomic E-state index is 14.2. The van der Waals surface area contributed by atoms with Gasteiger partial charge in [-0.15, -0.1) is 0 Å². The third-order valence-corrected chi connectivity index (χ3v) is 4.89. The Bertz CT molecular complexity index is 803. The number of rotatable bonds is 8. The number of halogens is 1. The predicted octanol–water partition coefficient (Wildman–Crippen LogP) is 4.41. The van der Waals surface area contributed by atoms with Gasteiger partial charge in [-0.2, -0.15) is 0 Å². The number of aromatic nitrogens is 1. The van der Waals surface area contributed by atoms with Gasteiger partial charge in [-0.25, -0.2) is 4.39 Å². The van der Waals surface area contributed by atoms with E-state index in [1.807, 2.05) is 0 Å². The molecule has 154 valence electrons. The standard InChI is InChI=1S/C23H28FN3O2/c24-21-17-19(8-10-22(21)29-20-7-5-12-25-18-20)9-11-23(28)26-13-6-16-27-14-3-1-2-4-15-27/h5,7-12,17-18H,1-4,6,13-16H2,(H,26,28)/b11-9+. The molecule has 0 atom stereocenters. The van der Waals surface area contributed by atoms with Crippen LogP contribution in [0.15, 0.2) is 48.8 Å². The van der Waals surface area contributed by atoms with Crippen molar-refractivity contribution < 1.29 is 13.9 Å². The van der Waals surface area contributed by atoms with E-state index in [0.29, 0.717) is 17.9 Å². The van der Waals surface area contributed by atoms with Crippen molar-refractivity contribution in [3.63, 3.8) is 0 Å². The first kappa shape index (κ1) is 21.0. The average molecular weight is 397 g/mol. The molecule has 0 spiro atoms. The van der Waals surface area contributed by atoms with Gasteiger partial charge in [-0.1, -0.05) is 18.9 Å². The molecular formula is C23H28FN3O2. The summed E-state index contributed by atoms with van der Waals surface area (Å²) < 4.78 is 19.7. The van der Waals surface area contributed by atoms with E-state index >= 15 is 0 Å². The molecule has 1 amide bonds. The number of pyridine rings is 1. The highest BCUT2D eigenvalue weighted by atomic mass is 19.1. The third-order valence-electron chi connectivity index (χ3n) is 4.89. The molecule has 0 radical (unpaired) electrons. The normalized spacial score (nSPS) is 15.2. The van der Waals surface area contributed by atoms with E-state index in [-0.39, 0.29) is 11.7 Å². The molecule has 0 unspecified atom stereocenters. The van der Waals surface area contributed by atoms with Crippen molar-refractivity contribution in [2.75, 3.05) is 26.2 Å². The molecule has 3 rings (SSSR count). The SMILES string of the molecule is O=C(/C=C/c1ccc(Oc2cccnc2)c(F)c1)NCCCN1CCCCCC1. The van der Waals surface area contributed by atoms with E-state index in [0.717, 1.165) is 13.0 Å². The lowest BCUT2D eigenvalue weighted by Crippen LogP contribution is -2.30. The lowest BCUT2D eigenvalue weighted by Gasteiger charge is -2.19. The van der Waals surface area contributed by atoms with Crippen LogP contribution in [-0.4, -0.2) is 42.0 Å². The summed E-state index contributed by atoms with van der Waals surface area (Å²) in [5, 5.41) is 2.89. The van der Waals surface area contributed by atoms with Crippen molar-refractivity contribution in [2.45, 2.75) is 32.1 Å². The Balaban J connectivity index is 1.41. The van der Waals surface area contributed by atoms with Gasteiger partial charge in [0, 0.05) is 18.8 Å². The first-order valence-electron chi connectivity index (χ1n) is 10.3. The summed E-state index contributed by atoms with van der Waals surface area (Å²) in [6.07, 6.45) is 12.3. The molecule has 1 saturated heterocycles. The molecule has 1 aromatic carbocycles. The Morgan fingerprint density at radius 2 is 2.03 bits per heavy atom. The van der Waals surface area contributed by atoms with Crippen molar-refractivity contribution >= 4 is 12.0 Å². The van der Waals surface area contributed by atoms with Crippen LogP contribution in [0.2, 0.25) is 0 Å². The zero-order valence-electron chi connectivity index (χ0n) is 16.6. The fourth-order valence-electron chi connectivity index (χ4n) is 3.34. The van der Waals surface area contributed by atoms with Gasteiger partial charge in [0.15, 0.2) is 11.6 Å². The monoisotopic (exact) mass is 397 g/mol. The predicted molar refractivity (Wildman–Crippen MR) is 112 cm³/mol. The maximum absolute atomic E-state index is 14.2. The molecule has 1 aliphatic rings. The summed E-state index contributed by atoms with van der Waals surface area (Å²) in [5.74, 6) is -0.0758. The van der Waals surface area contributed by atoms with Crippen molar-refractivity contribution in [3.8, 4) is 11.5 Å². The summed E-state index contributed by atoms with van der Waals surface area (Å²) in [6.45, 7) is 4.00. The highest BCUT2D eigenvalue weighted by Gasteiger charge is 2.08. The van der Waals surface area contributed by atoms with Crippen LogP contribution in [0, 0.1) is 5.82 Å². The summed E-state index contributed by atoms with van der Waals surface area (Å²) in [4.78, 5) is 18.4. The fourth-order valence-corrected chi connectivity index (χ4v) is 3.34. The number of carbonyl (C=O) groups is 1.